The van der Waals surface area contributed by atoms with Crippen LogP contribution in [0.25, 0.3) is 0 Å². The van der Waals surface area contributed by atoms with Crippen LogP contribution in [-0.2, 0) is 9.59 Å². The zero-order valence-corrected chi connectivity index (χ0v) is 9.40. The van der Waals surface area contributed by atoms with Gasteiger partial charge >= 0.3 is 0 Å². The van der Waals surface area contributed by atoms with Crippen LogP contribution in [0.3, 0.4) is 0 Å². The zero-order valence-electron chi connectivity index (χ0n) is 9.40. The van der Waals surface area contributed by atoms with Gasteiger partial charge in [-0.05, 0) is 12.1 Å². The molecule has 1 atom stereocenters. The lowest BCUT2D eigenvalue weighted by atomic mass is 10.1. The second-order valence-corrected chi connectivity index (χ2v) is 3.92. The molecule has 0 unspecified atom stereocenters. The molecule has 5 nitrogen and oxygen atoms in total. The number of nitrogens with one attached hydrogen (secondary N) is 3. The van der Waals surface area contributed by atoms with Crippen LogP contribution in [0.4, 0.5) is 5.69 Å². The van der Waals surface area contributed by atoms with Crippen molar-refractivity contribution in [2.45, 2.75) is 12.5 Å². The van der Waals surface area contributed by atoms with Gasteiger partial charge < -0.3 is 16.0 Å². The van der Waals surface area contributed by atoms with Gasteiger partial charge in [-0.25, -0.2) is 0 Å². The molecule has 0 bridgehead atoms. The van der Waals surface area contributed by atoms with Crippen molar-refractivity contribution in [1.82, 2.24) is 10.6 Å². The van der Waals surface area contributed by atoms with Crippen molar-refractivity contribution in [2.24, 2.45) is 0 Å². The van der Waals surface area contributed by atoms with E-state index >= 15 is 0 Å². The van der Waals surface area contributed by atoms with Gasteiger partial charge in [0.2, 0.25) is 11.8 Å². The Morgan fingerprint density at radius 2 is 2.06 bits per heavy atom. The van der Waals surface area contributed by atoms with Crippen molar-refractivity contribution in [3.05, 3.63) is 30.3 Å². The van der Waals surface area contributed by atoms with E-state index in [0.717, 1.165) is 5.69 Å². The number of hydrogen-bond donors (Lipinski definition) is 3. The first-order valence-corrected chi connectivity index (χ1v) is 5.62. The lowest BCUT2D eigenvalue weighted by Crippen LogP contribution is -2.53. The lowest BCUT2D eigenvalue weighted by Gasteiger charge is -2.22. The maximum Gasteiger partial charge on any atom is 0.237 e. The highest BCUT2D eigenvalue weighted by Crippen LogP contribution is 2.06. The summed E-state index contributed by atoms with van der Waals surface area (Å²) in [6.07, 6.45) is 0.153. The Labute approximate surface area is 99.6 Å². The molecular formula is C12H15N3O2. The molecule has 2 amide bonds. The third-order valence-electron chi connectivity index (χ3n) is 2.58. The van der Waals surface area contributed by atoms with Gasteiger partial charge in [0.05, 0.1) is 12.5 Å². The molecule has 0 radical (unpaired) electrons. The van der Waals surface area contributed by atoms with E-state index in [2.05, 4.69) is 16.0 Å². The van der Waals surface area contributed by atoms with Crippen LogP contribution >= 0.6 is 0 Å². The van der Waals surface area contributed by atoms with Crippen LogP contribution in [0.5, 0.6) is 0 Å². The molecule has 2 rings (SSSR count). The van der Waals surface area contributed by atoms with Crippen LogP contribution in [0, 0.1) is 0 Å². The van der Waals surface area contributed by atoms with Gasteiger partial charge in [-0.1, -0.05) is 18.2 Å². The number of piperazine rings is 1. The van der Waals surface area contributed by atoms with E-state index in [4.69, 9.17) is 0 Å². The van der Waals surface area contributed by atoms with E-state index in [0.29, 0.717) is 13.1 Å². The number of carbonyl (C=O) groups excluding carboxylic acids is 2. The summed E-state index contributed by atoms with van der Waals surface area (Å²) in [5.74, 6) is -0.273. The molecule has 1 aliphatic rings. The molecule has 1 fully saturated rings. The lowest BCUT2D eigenvalue weighted by molar-refractivity contribution is -0.127. The number of rotatable bonds is 3. The van der Waals surface area contributed by atoms with Gasteiger partial charge in [-0.3, -0.25) is 9.59 Å². The van der Waals surface area contributed by atoms with Crippen molar-refractivity contribution in [3.8, 4) is 0 Å². The highest BCUT2D eigenvalue weighted by atomic mass is 16.2. The topological polar surface area (TPSA) is 70.2 Å². The summed E-state index contributed by atoms with van der Waals surface area (Å²) in [7, 11) is 0. The van der Waals surface area contributed by atoms with Crippen LogP contribution in [0.15, 0.2) is 30.3 Å². The molecule has 0 aromatic heterocycles. The minimum absolute atomic E-state index is 0.112. The Balaban J connectivity index is 1.87. The second-order valence-electron chi connectivity index (χ2n) is 3.92. The molecule has 0 saturated carbocycles. The number of para-hydroxylation sites is 1. The van der Waals surface area contributed by atoms with E-state index in [-0.39, 0.29) is 18.2 Å². The molecule has 1 aromatic rings. The first-order chi connectivity index (χ1) is 8.25. The van der Waals surface area contributed by atoms with Crippen LogP contribution < -0.4 is 16.0 Å². The Morgan fingerprint density at radius 3 is 2.76 bits per heavy atom. The fourth-order valence-electron chi connectivity index (χ4n) is 1.73. The third-order valence-corrected chi connectivity index (χ3v) is 2.58. The molecule has 0 aliphatic carbocycles. The Morgan fingerprint density at radius 1 is 1.29 bits per heavy atom. The number of amides is 2. The first kappa shape index (κ1) is 11.6. The molecule has 90 valence electrons. The van der Waals surface area contributed by atoms with E-state index in [1.54, 1.807) is 0 Å². The molecule has 1 saturated heterocycles. The number of carbonyl (C=O) groups is 2. The van der Waals surface area contributed by atoms with Gasteiger partial charge in [-0.2, -0.15) is 0 Å². The van der Waals surface area contributed by atoms with Crippen molar-refractivity contribution >= 4 is 17.5 Å². The maximum atomic E-state index is 11.7. The van der Waals surface area contributed by atoms with Crippen molar-refractivity contribution in [2.75, 3.05) is 18.4 Å². The molecule has 0 spiro atoms. The minimum atomic E-state index is -0.424. The molecule has 17 heavy (non-hydrogen) atoms. The maximum absolute atomic E-state index is 11.7. The summed E-state index contributed by atoms with van der Waals surface area (Å²) in [6.45, 7) is 1.32. The summed E-state index contributed by atoms with van der Waals surface area (Å²) in [5.41, 5.74) is 0.744. The average Bonchev–Trinajstić information content (AvgIpc) is 2.33. The van der Waals surface area contributed by atoms with Crippen molar-refractivity contribution in [3.63, 3.8) is 0 Å². The number of anilines is 1. The second kappa shape index (κ2) is 5.45. The molecule has 5 heteroatoms. The van der Waals surface area contributed by atoms with Gasteiger partial charge in [0, 0.05) is 18.8 Å². The normalized spacial score (nSPS) is 19.5. The fourth-order valence-corrected chi connectivity index (χ4v) is 1.73. The predicted molar refractivity (Wildman–Crippen MR) is 64.5 cm³/mol. The molecular weight excluding hydrogens is 218 g/mol. The third kappa shape index (κ3) is 3.29. The van der Waals surface area contributed by atoms with Gasteiger partial charge in [0.25, 0.3) is 0 Å². The SMILES string of the molecule is O=C(C[C@H]1NCCNC1=O)Nc1ccccc1. The van der Waals surface area contributed by atoms with Crippen molar-refractivity contribution < 1.29 is 9.59 Å². The largest absolute Gasteiger partial charge is 0.353 e. The Hall–Kier alpha value is -1.88. The minimum Gasteiger partial charge on any atom is -0.353 e. The smallest absolute Gasteiger partial charge is 0.237 e. The average molecular weight is 233 g/mol. The molecule has 3 N–H and O–H groups in total. The molecule has 1 aromatic carbocycles. The van der Waals surface area contributed by atoms with E-state index < -0.39 is 6.04 Å². The predicted octanol–water partition coefficient (Wildman–Crippen LogP) is 0.103. The highest BCUT2D eigenvalue weighted by molar-refractivity contribution is 5.95. The summed E-state index contributed by atoms with van der Waals surface area (Å²) >= 11 is 0. The molecule has 1 aliphatic heterocycles. The van der Waals surface area contributed by atoms with Gasteiger partial charge in [0.1, 0.15) is 0 Å². The Bertz CT molecular complexity index is 405. The van der Waals surface area contributed by atoms with Crippen LogP contribution in [0.1, 0.15) is 6.42 Å². The summed E-state index contributed by atoms with van der Waals surface area (Å²) < 4.78 is 0. The number of hydrogen-bond acceptors (Lipinski definition) is 3. The number of benzene rings is 1. The van der Waals surface area contributed by atoms with Crippen molar-refractivity contribution in [1.29, 1.82) is 0 Å². The van der Waals surface area contributed by atoms with E-state index in [1.165, 1.54) is 0 Å². The van der Waals surface area contributed by atoms with E-state index in [9.17, 15) is 9.59 Å². The van der Waals surface area contributed by atoms with Crippen LogP contribution in [0.2, 0.25) is 0 Å². The highest BCUT2D eigenvalue weighted by Gasteiger charge is 2.23. The van der Waals surface area contributed by atoms with Gasteiger partial charge in [-0.15, -0.1) is 0 Å². The summed E-state index contributed by atoms with van der Waals surface area (Å²) in [4.78, 5) is 23.1. The quantitative estimate of drug-likeness (QED) is 0.693. The van der Waals surface area contributed by atoms with E-state index in [1.807, 2.05) is 30.3 Å². The van der Waals surface area contributed by atoms with Crippen LogP contribution in [-0.4, -0.2) is 30.9 Å². The standard InChI is InChI=1S/C12H15N3O2/c16-11(15-9-4-2-1-3-5-9)8-10-12(17)14-7-6-13-10/h1-5,10,13H,6-8H2,(H,14,17)(H,15,16)/t10-/m1/s1. The summed E-state index contributed by atoms with van der Waals surface area (Å²) in [6, 6.07) is 8.78. The fraction of sp³-hybridized carbons (Fsp3) is 0.333. The monoisotopic (exact) mass is 233 g/mol. The molecule has 1 heterocycles. The zero-order chi connectivity index (χ0) is 12.1. The first-order valence-electron chi connectivity index (χ1n) is 5.62. The summed E-state index contributed by atoms with van der Waals surface area (Å²) in [5, 5.41) is 8.48. The Kier molecular flexibility index (Phi) is 3.72. The van der Waals surface area contributed by atoms with Gasteiger partial charge in [0.15, 0.2) is 0 Å².